The maximum atomic E-state index is 11.9. The van der Waals surface area contributed by atoms with Gasteiger partial charge in [0.25, 0.3) is 5.91 Å². The molecule has 0 spiro atoms. The lowest BCUT2D eigenvalue weighted by molar-refractivity contribution is 0.0953. The molecule has 3 N–H and O–H groups in total. The van der Waals surface area contributed by atoms with Crippen molar-refractivity contribution in [2.75, 3.05) is 25.4 Å². The molecule has 0 unspecified atom stereocenters. The molecule has 1 aromatic rings. The Hall–Kier alpha value is -1.55. The van der Waals surface area contributed by atoms with Gasteiger partial charge in [0.05, 0.1) is 0 Å². The molecule has 0 radical (unpaired) electrons. The summed E-state index contributed by atoms with van der Waals surface area (Å²) in [6.45, 7) is 5.94. The summed E-state index contributed by atoms with van der Waals surface area (Å²) in [5.41, 5.74) is 8.64. The number of nitrogens with zero attached hydrogens (tertiary/aromatic N) is 1. The van der Waals surface area contributed by atoms with E-state index in [0.717, 1.165) is 37.3 Å². The van der Waals surface area contributed by atoms with Crippen LogP contribution in [0.15, 0.2) is 18.2 Å². The normalized spacial score (nSPS) is 16.4. The lowest BCUT2D eigenvalue weighted by atomic mass is 10.1. The van der Waals surface area contributed by atoms with Gasteiger partial charge in [-0.15, -0.1) is 0 Å². The number of nitrogen functional groups attached to an aromatic ring is 1. The number of hydrogen-bond donors (Lipinski definition) is 2. The summed E-state index contributed by atoms with van der Waals surface area (Å²) in [4.78, 5) is 14.4. The molecule has 21 heavy (non-hydrogen) atoms. The van der Waals surface area contributed by atoms with Crippen LogP contribution in [0.2, 0.25) is 0 Å². The second-order valence-electron chi connectivity index (χ2n) is 5.86. The van der Waals surface area contributed by atoms with Crippen LogP contribution in [0, 0.1) is 0 Å². The highest BCUT2D eigenvalue weighted by atomic mass is 16.1. The van der Waals surface area contributed by atoms with Gasteiger partial charge >= 0.3 is 0 Å². The monoisotopic (exact) mass is 289 g/mol. The fourth-order valence-corrected chi connectivity index (χ4v) is 2.76. The Labute approximate surface area is 127 Å². The molecule has 1 aliphatic heterocycles. The lowest BCUT2D eigenvalue weighted by Crippen LogP contribution is -2.25. The average molecular weight is 289 g/mol. The van der Waals surface area contributed by atoms with Gasteiger partial charge in [-0.1, -0.05) is 25.8 Å². The molecule has 1 aromatic carbocycles. The molecule has 4 nitrogen and oxygen atoms in total. The first-order valence-corrected chi connectivity index (χ1v) is 8.09. The van der Waals surface area contributed by atoms with Crippen molar-refractivity contribution in [3.05, 3.63) is 29.3 Å². The average Bonchev–Trinajstić information content (AvgIpc) is 2.75. The maximum Gasteiger partial charge on any atom is 0.251 e. The molecule has 4 heteroatoms. The van der Waals surface area contributed by atoms with Crippen molar-refractivity contribution in [1.82, 2.24) is 10.2 Å². The van der Waals surface area contributed by atoms with E-state index in [0.29, 0.717) is 12.1 Å². The molecule has 1 amide bonds. The summed E-state index contributed by atoms with van der Waals surface area (Å²) in [5.74, 6) is -0.0372. The number of anilines is 1. The van der Waals surface area contributed by atoms with E-state index < -0.39 is 0 Å². The zero-order valence-electron chi connectivity index (χ0n) is 13.0. The maximum absolute atomic E-state index is 11.9. The molecule has 0 aromatic heterocycles. The number of likely N-dealkylation sites (tertiary alicyclic amines) is 1. The fourth-order valence-electron chi connectivity index (χ4n) is 2.76. The van der Waals surface area contributed by atoms with Crippen molar-refractivity contribution in [2.45, 2.75) is 45.6 Å². The quantitative estimate of drug-likeness (QED) is 0.820. The summed E-state index contributed by atoms with van der Waals surface area (Å²) in [6.07, 6.45) is 6.16. The molecule has 1 aliphatic rings. The van der Waals surface area contributed by atoms with Gasteiger partial charge in [0, 0.05) is 24.3 Å². The van der Waals surface area contributed by atoms with Crippen LogP contribution in [0.1, 0.15) is 54.9 Å². The van der Waals surface area contributed by atoms with Crippen molar-refractivity contribution in [3.8, 4) is 0 Å². The molecule has 116 valence electrons. The van der Waals surface area contributed by atoms with E-state index in [-0.39, 0.29) is 5.91 Å². The van der Waals surface area contributed by atoms with E-state index in [2.05, 4.69) is 10.2 Å². The van der Waals surface area contributed by atoms with E-state index in [4.69, 9.17) is 5.73 Å². The predicted octanol–water partition coefficient (Wildman–Crippen LogP) is 2.78. The topological polar surface area (TPSA) is 58.4 Å². The Morgan fingerprint density at radius 3 is 2.57 bits per heavy atom. The third-order valence-electron chi connectivity index (χ3n) is 4.04. The molecule has 1 fully saturated rings. The number of nitrogens with one attached hydrogen (secondary N) is 1. The molecule has 0 atom stereocenters. The molecular weight excluding hydrogens is 262 g/mol. The smallest absolute Gasteiger partial charge is 0.251 e. The highest BCUT2D eigenvalue weighted by Gasteiger charge is 2.12. The first-order valence-electron chi connectivity index (χ1n) is 8.09. The second-order valence-corrected chi connectivity index (χ2v) is 5.86. The number of amides is 1. The molecule has 0 bridgehead atoms. The van der Waals surface area contributed by atoms with Crippen LogP contribution >= 0.6 is 0 Å². The number of carbonyl (C=O) groups is 1. The summed E-state index contributed by atoms with van der Waals surface area (Å²) < 4.78 is 0. The first-order chi connectivity index (χ1) is 10.2. The Balaban J connectivity index is 1.99. The van der Waals surface area contributed by atoms with Crippen LogP contribution in [0.4, 0.5) is 5.69 Å². The minimum absolute atomic E-state index is 0.0372. The number of hydrogen-bond acceptors (Lipinski definition) is 3. The van der Waals surface area contributed by atoms with E-state index in [1.54, 1.807) is 6.07 Å². The zero-order valence-corrected chi connectivity index (χ0v) is 13.0. The van der Waals surface area contributed by atoms with Gasteiger partial charge in [-0.3, -0.25) is 9.69 Å². The SMILES string of the molecule is CCCNC(=O)c1ccc(CN2CCCCCC2)c(N)c1. The van der Waals surface area contributed by atoms with Crippen LogP contribution in [0.25, 0.3) is 0 Å². The van der Waals surface area contributed by atoms with Gasteiger partial charge in [-0.25, -0.2) is 0 Å². The fraction of sp³-hybridized carbons (Fsp3) is 0.588. The van der Waals surface area contributed by atoms with Crippen molar-refractivity contribution in [1.29, 1.82) is 0 Å². The van der Waals surface area contributed by atoms with Gasteiger partial charge in [0.2, 0.25) is 0 Å². The third kappa shape index (κ3) is 4.74. The van der Waals surface area contributed by atoms with Gasteiger partial charge in [0.15, 0.2) is 0 Å². The second kappa shape index (κ2) is 8.03. The van der Waals surface area contributed by atoms with Crippen LogP contribution in [0.3, 0.4) is 0 Å². The summed E-state index contributed by atoms with van der Waals surface area (Å²) in [5, 5.41) is 2.88. The third-order valence-corrected chi connectivity index (χ3v) is 4.04. The molecule has 0 saturated carbocycles. The zero-order chi connectivity index (χ0) is 15.1. The largest absolute Gasteiger partial charge is 0.398 e. The summed E-state index contributed by atoms with van der Waals surface area (Å²) in [7, 11) is 0. The van der Waals surface area contributed by atoms with E-state index in [9.17, 15) is 4.79 Å². The Morgan fingerprint density at radius 1 is 1.24 bits per heavy atom. The summed E-state index contributed by atoms with van der Waals surface area (Å²) in [6, 6.07) is 5.69. The number of carbonyl (C=O) groups excluding carboxylic acids is 1. The van der Waals surface area contributed by atoms with Crippen LogP contribution in [0.5, 0.6) is 0 Å². The molecule has 1 saturated heterocycles. The van der Waals surface area contributed by atoms with Gasteiger partial charge in [-0.2, -0.15) is 0 Å². The van der Waals surface area contributed by atoms with Crippen LogP contribution < -0.4 is 11.1 Å². The van der Waals surface area contributed by atoms with Crippen LogP contribution in [-0.4, -0.2) is 30.4 Å². The molecular formula is C17H27N3O. The van der Waals surface area contributed by atoms with Crippen molar-refractivity contribution in [3.63, 3.8) is 0 Å². The molecule has 2 rings (SSSR count). The minimum atomic E-state index is -0.0372. The number of benzene rings is 1. The molecule has 1 heterocycles. The van der Waals surface area contributed by atoms with Gasteiger partial charge in [-0.05, 0) is 50.0 Å². The highest BCUT2D eigenvalue weighted by Crippen LogP contribution is 2.19. The lowest BCUT2D eigenvalue weighted by Gasteiger charge is -2.21. The first kappa shape index (κ1) is 15.8. The van der Waals surface area contributed by atoms with Gasteiger partial charge < -0.3 is 11.1 Å². The standard InChI is InChI=1S/C17H27N3O/c1-2-9-19-17(21)14-7-8-15(16(18)12-14)13-20-10-5-3-4-6-11-20/h7-8,12H,2-6,9-11,13,18H2,1H3,(H,19,21). The van der Waals surface area contributed by atoms with Gasteiger partial charge in [0.1, 0.15) is 0 Å². The Morgan fingerprint density at radius 2 is 1.95 bits per heavy atom. The predicted molar refractivity (Wildman–Crippen MR) is 87.2 cm³/mol. The number of rotatable bonds is 5. The van der Waals surface area contributed by atoms with Crippen molar-refractivity contribution < 1.29 is 4.79 Å². The Bertz CT molecular complexity index is 465. The summed E-state index contributed by atoms with van der Waals surface area (Å²) >= 11 is 0. The van der Waals surface area contributed by atoms with E-state index in [1.165, 1.54) is 25.7 Å². The van der Waals surface area contributed by atoms with E-state index in [1.807, 2.05) is 19.1 Å². The Kier molecular flexibility index (Phi) is 6.05. The number of nitrogens with two attached hydrogens (primary N) is 1. The van der Waals surface area contributed by atoms with Crippen LogP contribution in [-0.2, 0) is 6.54 Å². The highest BCUT2D eigenvalue weighted by molar-refractivity contribution is 5.95. The minimum Gasteiger partial charge on any atom is -0.398 e. The van der Waals surface area contributed by atoms with Crippen molar-refractivity contribution in [2.24, 2.45) is 0 Å². The van der Waals surface area contributed by atoms with Crippen molar-refractivity contribution >= 4 is 11.6 Å². The molecule has 0 aliphatic carbocycles. The van der Waals surface area contributed by atoms with E-state index >= 15 is 0 Å².